The Kier molecular flexibility index (Phi) is 3.06. The molecule has 1 unspecified atom stereocenters. The number of carboxylic acids is 1. The van der Waals surface area contributed by atoms with Crippen LogP contribution in [0.15, 0.2) is 29.3 Å². The van der Waals surface area contributed by atoms with E-state index in [2.05, 4.69) is 4.99 Å². The van der Waals surface area contributed by atoms with E-state index in [-0.39, 0.29) is 11.7 Å². The van der Waals surface area contributed by atoms with Gasteiger partial charge in [-0.1, -0.05) is 18.2 Å². The molecule has 4 heteroatoms. The molecule has 1 N–H and O–H groups in total. The molecule has 78 valence electrons. The molecule has 0 aromatic heterocycles. The van der Waals surface area contributed by atoms with E-state index in [1.54, 1.807) is 11.8 Å². The lowest BCUT2D eigenvalue weighted by Crippen LogP contribution is -1.99. The summed E-state index contributed by atoms with van der Waals surface area (Å²) in [6.07, 6.45) is 2.09. The Bertz CT molecular complexity index is 403. The Labute approximate surface area is 92.2 Å². The molecule has 0 saturated carbocycles. The molecule has 2 rings (SSSR count). The highest BCUT2D eigenvalue weighted by molar-refractivity contribution is 8.00. The highest BCUT2D eigenvalue weighted by atomic mass is 32.2. The number of para-hydroxylation sites is 1. The predicted molar refractivity (Wildman–Crippen MR) is 62.0 cm³/mol. The van der Waals surface area contributed by atoms with Crippen molar-refractivity contribution in [1.82, 2.24) is 0 Å². The average Bonchev–Trinajstić information content (AvgIpc) is 2.62. The molecule has 0 aliphatic carbocycles. The molecule has 1 atom stereocenters. The monoisotopic (exact) mass is 221 g/mol. The lowest BCUT2D eigenvalue weighted by Gasteiger charge is -2.07. The minimum absolute atomic E-state index is 0.206. The fraction of sp³-hybridized carbons (Fsp3) is 0.273. The lowest BCUT2D eigenvalue weighted by atomic mass is 10.1. The number of aliphatic imine (C=N–C) groups is 1. The first kappa shape index (κ1) is 10.2. The Morgan fingerprint density at radius 1 is 1.47 bits per heavy atom. The summed E-state index contributed by atoms with van der Waals surface area (Å²) in [5.41, 5.74) is 2.19. The van der Waals surface area contributed by atoms with Gasteiger partial charge in [0, 0.05) is 12.0 Å². The number of benzene rings is 1. The normalized spacial score (nSPS) is 17.7. The smallest absolute Gasteiger partial charge is 0.304 e. The Morgan fingerprint density at radius 2 is 2.27 bits per heavy atom. The van der Waals surface area contributed by atoms with Crippen LogP contribution in [0.3, 0.4) is 0 Å². The molecule has 1 aromatic carbocycles. The molecule has 0 fully saturated rings. The summed E-state index contributed by atoms with van der Waals surface area (Å²) >= 11 is 1.62. The van der Waals surface area contributed by atoms with Gasteiger partial charge in [-0.05, 0) is 11.6 Å². The van der Waals surface area contributed by atoms with Gasteiger partial charge in [-0.3, -0.25) is 9.79 Å². The molecule has 1 heterocycles. The van der Waals surface area contributed by atoms with Gasteiger partial charge in [0.05, 0.1) is 17.4 Å². The zero-order valence-corrected chi connectivity index (χ0v) is 8.91. The number of aliphatic carboxylic acids is 1. The summed E-state index contributed by atoms with van der Waals surface area (Å²) < 4.78 is 0. The number of fused-ring (bicyclic) bond motifs is 1. The maximum absolute atomic E-state index is 10.4. The van der Waals surface area contributed by atoms with Crippen molar-refractivity contribution >= 4 is 29.6 Å². The van der Waals surface area contributed by atoms with Gasteiger partial charge < -0.3 is 5.11 Å². The van der Waals surface area contributed by atoms with Crippen LogP contribution in [0.1, 0.15) is 17.2 Å². The third-order valence-electron chi connectivity index (χ3n) is 2.21. The Morgan fingerprint density at radius 3 is 3.07 bits per heavy atom. The van der Waals surface area contributed by atoms with E-state index < -0.39 is 5.97 Å². The van der Waals surface area contributed by atoms with Crippen LogP contribution in [0.2, 0.25) is 0 Å². The van der Waals surface area contributed by atoms with E-state index in [1.807, 2.05) is 30.5 Å². The third-order valence-corrected chi connectivity index (χ3v) is 3.38. The molecule has 0 spiro atoms. The van der Waals surface area contributed by atoms with Gasteiger partial charge in [0.2, 0.25) is 0 Å². The van der Waals surface area contributed by atoms with Crippen molar-refractivity contribution in [2.24, 2.45) is 4.99 Å². The van der Waals surface area contributed by atoms with Crippen molar-refractivity contribution in [3.63, 3.8) is 0 Å². The maximum atomic E-state index is 10.4. The summed E-state index contributed by atoms with van der Waals surface area (Å²) in [5.74, 6) is -0.119. The van der Waals surface area contributed by atoms with Crippen molar-refractivity contribution in [3.8, 4) is 0 Å². The molecule has 0 radical (unpaired) electrons. The second-order valence-corrected chi connectivity index (χ2v) is 4.52. The van der Waals surface area contributed by atoms with Gasteiger partial charge in [-0.15, -0.1) is 11.8 Å². The van der Waals surface area contributed by atoms with Gasteiger partial charge in [0.15, 0.2) is 0 Å². The molecule has 1 aliphatic heterocycles. The number of carboxylic acid groups (broad SMARTS) is 1. The molecule has 1 aromatic rings. The maximum Gasteiger partial charge on any atom is 0.304 e. The first-order chi connectivity index (χ1) is 7.27. The predicted octanol–water partition coefficient (Wildman–Crippen LogP) is 2.65. The number of carbonyl (C=O) groups is 1. The first-order valence-corrected chi connectivity index (χ1v) is 5.79. The van der Waals surface area contributed by atoms with Gasteiger partial charge in [-0.25, -0.2) is 0 Å². The summed E-state index contributed by atoms with van der Waals surface area (Å²) in [7, 11) is 0. The van der Waals surface area contributed by atoms with Crippen LogP contribution < -0.4 is 0 Å². The van der Waals surface area contributed by atoms with E-state index in [0.717, 1.165) is 5.69 Å². The molecular weight excluding hydrogens is 210 g/mol. The van der Waals surface area contributed by atoms with Crippen molar-refractivity contribution in [1.29, 1.82) is 0 Å². The molecule has 0 bridgehead atoms. The number of hydrogen-bond donors (Lipinski definition) is 1. The van der Waals surface area contributed by atoms with Crippen LogP contribution in [0.5, 0.6) is 0 Å². The lowest BCUT2D eigenvalue weighted by molar-refractivity contribution is -0.136. The van der Waals surface area contributed by atoms with Crippen LogP contribution in [-0.4, -0.2) is 23.0 Å². The van der Waals surface area contributed by atoms with E-state index in [0.29, 0.717) is 5.75 Å². The zero-order valence-electron chi connectivity index (χ0n) is 8.09. The summed E-state index contributed by atoms with van der Waals surface area (Å²) in [5, 5.41) is 8.76. The fourth-order valence-corrected chi connectivity index (χ4v) is 2.55. The van der Waals surface area contributed by atoms with Crippen LogP contribution in [-0.2, 0) is 4.79 Å². The number of thioether (sulfide) groups is 1. The second-order valence-electron chi connectivity index (χ2n) is 3.27. The Hall–Kier alpha value is -1.29. The van der Waals surface area contributed by atoms with Crippen LogP contribution >= 0.6 is 11.8 Å². The first-order valence-electron chi connectivity index (χ1n) is 4.74. The van der Waals surface area contributed by atoms with E-state index in [4.69, 9.17) is 5.11 Å². The molecule has 3 nitrogen and oxygen atoms in total. The fourth-order valence-electron chi connectivity index (χ4n) is 1.48. The largest absolute Gasteiger partial charge is 0.481 e. The topological polar surface area (TPSA) is 49.7 Å². The molecule has 0 saturated heterocycles. The molecule has 0 amide bonds. The number of hydrogen-bond acceptors (Lipinski definition) is 3. The van der Waals surface area contributed by atoms with Crippen LogP contribution in [0.25, 0.3) is 0 Å². The molecule has 1 aliphatic rings. The highest BCUT2D eigenvalue weighted by Crippen LogP contribution is 2.38. The van der Waals surface area contributed by atoms with Crippen molar-refractivity contribution < 1.29 is 9.90 Å². The van der Waals surface area contributed by atoms with Gasteiger partial charge in [0.25, 0.3) is 0 Å². The van der Waals surface area contributed by atoms with Gasteiger partial charge in [-0.2, -0.15) is 0 Å². The van der Waals surface area contributed by atoms with Crippen LogP contribution in [0.4, 0.5) is 5.69 Å². The van der Waals surface area contributed by atoms with E-state index in [1.165, 1.54) is 5.56 Å². The van der Waals surface area contributed by atoms with Gasteiger partial charge >= 0.3 is 5.97 Å². The minimum atomic E-state index is -0.745. The zero-order chi connectivity index (χ0) is 10.7. The minimum Gasteiger partial charge on any atom is -0.481 e. The number of rotatable bonds is 4. The SMILES string of the molecule is O=C(O)CCSC1C=Nc2ccccc21. The average molecular weight is 221 g/mol. The highest BCUT2D eigenvalue weighted by Gasteiger charge is 2.18. The third kappa shape index (κ3) is 2.39. The Balaban J connectivity index is 1.96. The van der Waals surface area contributed by atoms with Crippen molar-refractivity contribution in [2.45, 2.75) is 11.7 Å². The van der Waals surface area contributed by atoms with Crippen LogP contribution in [0, 0.1) is 0 Å². The van der Waals surface area contributed by atoms with E-state index >= 15 is 0 Å². The molecular formula is C11H11NO2S. The quantitative estimate of drug-likeness (QED) is 0.850. The number of nitrogens with zero attached hydrogens (tertiary/aromatic N) is 1. The van der Waals surface area contributed by atoms with E-state index in [9.17, 15) is 4.79 Å². The summed E-state index contributed by atoms with van der Waals surface area (Å²) in [4.78, 5) is 14.7. The van der Waals surface area contributed by atoms with Crippen molar-refractivity contribution in [3.05, 3.63) is 29.8 Å². The summed E-state index contributed by atoms with van der Waals surface area (Å²) in [6, 6.07) is 7.96. The standard InChI is InChI=1S/C11H11NO2S/c13-11(14)5-6-15-10-7-12-9-4-2-1-3-8(9)10/h1-4,7,10H,5-6H2,(H,13,14). The van der Waals surface area contributed by atoms with Gasteiger partial charge in [0.1, 0.15) is 0 Å². The van der Waals surface area contributed by atoms with Crippen molar-refractivity contribution in [2.75, 3.05) is 5.75 Å². The molecule has 15 heavy (non-hydrogen) atoms. The second kappa shape index (κ2) is 4.49. The summed E-state index contributed by atoms with van der Waals surface area (Å²) in [6.45, 7) is 0.